The number of aromatic amines is 1. The number of aromatic nitrogens is 2. The van der Waals surface area contributed by atoms with Crippen molar-refractivity contribution in [3.8, 4) is 0 Å². The van der Waals surface area contributed by atoms with Crippen molar-refractivity contribution in [2.45, 2.75) is 0 Å². The summed E-state index contributed by atoms with van der Waals surface area (Å²) in [6.45, 7) is 0. The molecule has 0 saturated heterocycles. The SMILES string of the molecule is c1ccc2[nH]cnc2c1.c1ccc2occc2c1.c1ccc2sccc2c1. The van der Waals surface area contributed by atoms with Gasteiger partial charge in [-0.1, -0.05) is 48.5 Å². The van der Waals surface area contributed by atoms with Gasteiger partial charge in [-0.3, -0.25) is 0 Å². The molecule has 0 aliphatic heterocycles. The average Bonchev–Trinajstić information content (AvgIpc) is 3.48. The first-order chi connectivity index (χ1) is 13.4. The van der Waals surface area contributed by atoms with Crippen LogP contribution in [0.25, 0.3) is 32.1 Å². The third kappa shape index (κ3) is 4.25. The number of nitrogens with zero attached hydrogens (tertiary/aromatic N) is 1. The molecule has 0 fully saturated rings. The number of para-hydroxylation sites is 3. The lowest BCUT2D eigenvalue weighted by atomic mass is 10.3. The Balaban J connectivity index is 0.0000001000. The maximum atomic E-state index is 5.12. The van der Waals surface area contributed by atoms with E-state index in [1.807, 2.05) is 54.6 Å². The minimum atomic E-state index is 0.956. The number of benzene rings is 3. The third-order valence-corrected chi connectivity index (χ3v) is 4.95. The van der Waals surface area contributed by atoms with Crippen LogP contribution in [0.4, 0.5) is 0 Å². The molecular formula is C23H18N2OS. The molecule has 3 heterocycles. The zero-order valence-electron chi connectivity index (χ0n) is 14.6. The van der Waals surface area contributed by atoms with Gasteiger partial charge in [0.2, 0.25) is 0 Å². The number of rotatable bonds is 0. The number of hydrogen-bond donors (Lipinski definition) is 1. The van der Waals surface area contributed by atoms with E-state index in [0.29, 0.717) is 0 Å². The van der Waals surface area contributed by atoms with Gasteiger partial charge in [0.25, 0.3) is 0 Å². The highest BCUT2D eigenvalue weighted by atomic mass is 32.1. The molecule has 0 spiro atoms. The molecule has 0 unspecified atom stereocenters. The van der Waals surface area contributed by atoms with Crippen LogP contribution in [0.15, 0.2) is 107 Å². The van der Waals surface area contributed by atoms with Crippen LogP contribution < -0.4 is 0 Å². The highest BCUT2D eigenvalue weighted by Gasteiger charge is 1.90. The number of hydrogen-bond acceptors (Lipinski definition) is 3. The fourth-order valence-corrected chi connectivity index (χ4v) is 3.48. The zero-order valence-corrected chi connectivity index (χ0v) is 15.4. The summed E-state index contributed by atoms with van der Waals surface area (Å²) in [6, 6.07) is 28.4. The van der Waals surface area contributed by atoms with Crippen LogP contribution in [0.1, 0.15) is 0 Å². The molecule has 3 aromatic carbocycles. The van der Waals surface area contributed by atoms with Gasteiger partial charge in [0.15, 0.2) is 0 Å². The standard InChI is InChI=1S/C8H6O.C8H6S.C7H6N2/c2*1-2-4-8-7(3-1)5-6-9-8;1-2-4-7-6(3-1)8-5-9-7/h2*1-6H;1-5H,(H,8,9). The van der Waals surface area contributed by atoms with E-state index in [1.165, 1.54) is 10.1 Å². The molecule has 4 heteroatoms. The highest BCUT2D eigenvalue weighted by molar-refractivity contribution is 7.17. The average molecular weight is 370 g/mol. The first kappa shape index (κ1) is 17.1. The van der Waals surface area contributed by atoms with Crippen molar-refractivity contribution in [3.63, 3.8) is 0 Å². The molecule has 27 heavy (non-hydrogen) atoms. The predicted molar refractivity (Wildman–Crippen MR) is 114 cm³/mol. The molecule has 3 aromatic heterocycles. The van der Waals surface area contributed by atoms with Gasteiger partial charge in [0.05, 0.1) is 23.6 Å². The van der Waals surface area contributed by atoms with Gasteiger partial charge >= 0.3 is 0 Å². The van der Waals surface area contributed by atoms with E-state index in [-0.39, 0.29) is 0 Å². The molecule has 1 N–H and O–H groups in total. The summed E-state index contributed by atoms with van der Waals surface area (Å²) in [7, 11) is 0. The highest BCUT2D eigenvalue weighted by Crippen LogP contribution is 2.18. The Kier molecular flexibility index (Phi) is 5.27. The van der Waals surface area contributed by atoms with Crippen LogP contribution in [0.2, 0.25) is 0 Å². The summed E-state index contributed by atoms with van der Waals surface area (Å²) in [5, 5.41) is 4.63. The van der Waals surface area contributed by atoms with E-state index in [2.05, 4.69) is 45.7 Å². The molecular weight excluding hydrogens is 352 g/mol. The van der Waals surface area contributed by atoms with Crippen molar-refractivity contribution in [2.75, 3.05) is 0 Å². The molecule has 0 bridgehead atoms. The van der Waals surface area contributed by atoms with Crippen molar-refractivity contribution in [3.05, 3.63) is 103 Å². The molecule has 0 saturated carbocycles. The summed E-state index contributed by atoms with van der Waals surface area (Å²) in [5.41, 5.74) is 3.08. The van der Waals surface area contributed by atoms with Crippen LogP contribution in [0, 0.1) is 0 Å². The molecule has 6 aromatic rings. The fourth-order valence-electron chi connectivity index (χ4n) is 2.69. The van der Waals surface area contributed by atoms with Gasteiger partial charge in [-0.25, -0.2) is 4.98 Å². The molecule has 0 amide bonds. The molecule has 3 nitrogen and oxygen atoms in total. The van der Waals surface area contributed by atoms with Crippen molar-refractivity contribution >= 4 is 43.4 Å². The van der Waals surface area contributed by atoms with E-state index < -0.39 is 0 Å². The topological polar surface area (TPSA) is 41.8 Å². The Hall–Kier alpha value is -3.37. The number of H-pyrrole nitrogens is 1. The second-order valence-electron chi connectivity index (χ2n) is 5.84. The van der Waals surface area contributed by atoms with Gasteiger partial charge in [0.1, 0.15) is 5.58 Å². The summed E-state index contributed by atoms with van der Waals surface area (Å²) in [5.74, 6) is 0. The number of thiophene rings is 1. The largest absolute Gasteiger partial charge is 0.464 e. The number of nitrogens with one attached hydrogen (secondary N) is 1. The minimum absolute atomic E-state index is 0.956. The van der Waals surface area contributed by atoms with Crippen molar-refractivity contribution in [1.29, 1.82) is 0 Å². The van der Waals surface area contributed by atoms with Crippen molar-refractivity contribution in [2.24, 2.45) is 0 Å². The Labute approximate surface area is 160 Å². The molecule has 0 aliphatic rings. The Bertz CT molecular complexity index is 1000. The van der Waals surface area contributed by atoms with Crippen molar-refractivity contribution < 1.29 is 4.42 Å². The molecule has 132 valence electrons. The monoisotopic (exact) mass is 370 g/mol. The fraction of sp³-hybridized carbons (Fsp3) is 0. The summed E-state index contributed by atoms with van der Waals surface area (Å²) in [4.78, 5) is 7.07. The van der Waals surface area contributed by atoms with Crippen molar-refractivity contribution in [1.82, 2.24) is 9.97 Å². The molecule has 6 rings (SSSR count). The summed E-state index contributed by atoms with van der Waals surface area (Å²) < 4.78 is 6.49. The maximum absolute atomic E-state index is 5.12. The van der Waals surface area contributed by atoms with Gasteiger partial charge in [0, 0.05) is 10.1 Å². The van der Waals surface area contributed by atoms with Gasteiger partial charge in [-0.15, -0.1) is 11.3 Å². The summed E-state index contributed by atoms with van der Waals surface area (Å²) >= 11 is 1.79. The van der Waals surface area contributed by atoms with Crippen LogP contribution in [0.3, 0.4) is 0 Å². The predicted octanol–water partition coefficient (Wildman–Crippen LogP) is 6.90. The smallest absolute Gasteiger partial charge is 0.133 e. The normalized spacial score (nSPS) is 10.2. The van der Waals surface area contributed by atoms with Gasteiger partial charge in [-0.2, -0.15) is 0 Å². The lowest BCUT2D eigenvalue weighted by Gasteiger charge is -1.82. The van der Waals surface area contributed by atoms with Crippen LogP contribution in [0.5, 0.6) is 0 Å². The Morgan fingerprint density at radius 2 is 1.52 bits per heavy atom. The zero-order chi connectivity index (χ0) is 18.3. The van der Waals surface area contributed by atoms with Crippen LogP contribution in [-0.4, -0.2) is 9.97 Å². The second kappa shape index (κ2) is 8.34. The van der Waals surface area contributed by atoms with Crippen LogP contribution >= 0.6 is 11.3 Å². The number of imidazole rings is 1. The first-order valence-corrected chi connectivity index (χ1v) is 9.51. The first-order valence-electron chi connectivity index (χ1n) is 8.63. The van der Waals surface area contributed by atoms with E-state index in [4.69, 9.17) is 4.42 Å². The quantitative estimate of drug-likeness (QED) is 0.316. The lowest BCUT2D eigenvalue weighted by molar-refractivity contribution is 0.616. The summed E-state index contributed by atoms with van der Waals surface area (Å²) in [6.07, 6.45) is 3.40. The van der Waals surface area contributed by atoms with Gasteiger partial charge in [-0.05, 0) is 47.2 Å². The lowest BCUT2D eigenvalue weighted by Crippen LogP contribution is -1.63. The number of fused-ring (bicyclic) bond motifs is 3. The van der Waals surface area contributed by atoms with Crippen LogP contribution in [-0.2, 0) is 0 Å². The van der Waals surface area contributed by atoms with E-state index >= 15 is 0 Å². The number of furan rings is 1. The maximum Gasteiger partial charge on any atom is 0.133 e. The second-order valence-corrected chi connectivity index (χ2v) is 6.78. The minimum Gasteiger partial charge on any atom is -0.464 e. The van der Waals surface area contributed by atoms with E-state index in [0.717, 1.165) is 22.0 Å². The molecule has 0 atom stereocenters. The van der Waals surface area contributed by atoms with Gasteiger partial charge < -0.3 is 9.40 Å². The van der Waals surface area contributed by atoms with E-state index in [9.17, 15) is 0 Å². The molecule has 0 aliphatic carbocycles. The molecule has 0 radical (unpaired) electrons. The Morgan fingerprint density at radius 3 is 2.37 bits per heavy atom. The van der Waals surface area contributed by atoms with E-state index in [1.54, 1.807) is 23.9 Å². The Morgan fingerprint density at radius 1 is 0.741 bits per heavy atom. The third-order valence-electron chi connectivity index (χ3n) is 4.05.